The quantitative estimate of drug-likeness (QED) is 0.540. The molecule has 1 heterocycles. The van der Waals surface area contributed by atoms with Crippen molar-refractivity contribution in [3.05, 3.63) is 28.8 Å². The smallest absolute Gasteiger partial charge is 0.204 e. The van der Waals surface area contributed by atoms with Crippen LogP contribution in [0.3, 0.4) is 0 Å². The Kier molecular flexibility index (Phi) is 1.80. The molecule has 0 radical (unpaired) electrons. The molecule has 1 nitrogen and oxygen atoms in total. The molecular weight excluding hydrogens is 167 g/mol. The number of rotatable bonds is 0. The third-order valence-corrected chi connectivity index (χ3v) is 1.09. The van der Waals surface area contributed by atoms with Gasteiger partial charge >= 0.3 is 0 Å². The first-order valence-electron chi connectivity index (χ1n) is 2.28. The summed E-state index contributed by atoms with van der Waals surface area (Å²) >= 11 is 4.95. The standard InChI is InChI=1S/C5HClF3N/c6-5-4(9)2(7)1-3(8)10-5/h1H. The zero-order valence-corrected chi connectivity index (χ0v) is 5.29. The van der Waals surface area contributed by atoms with E-state index in [1.54, 1.807) is 0 Å². The van der Waals surface area contributed by atoms with E-state index < -0.39 is 22.7 Å². The van der Waals surface area contributed by atoms with Gasteiger partial charge in [-0.25, -0.2) is 13.8 Å². The van der Waals surface area contributed by atoms with Crippen molar-refractivity contribution in [1.82, 2.24) is 4.98 Å². The Bertz CT molecular complexity index is 240. The molecule has 0 aliphatic carbocycles. The summed E-state index contributed by atoms with van der Waals surface area (Å²) in [5.74, 6) is -3.80. The minimum absolute atomic E-state index is 0.321. The summed E-state index contributed by atoms with van der Waals surface area (Å²) in [6, 6.07) is 0.321. The van der Waals surface area contributed by atoms with Crippen LogP contribution in [0.15, 0.2) is 6.07 Å². The summed E-state index contributed by atoms with van der Waals surface area (Å²) in [6.07, 6.45) is 0. The third-order valence-electron chi connectivity index (χ3n) is 0.842. The first kappa shape index (κ1) is 7.34. The minimum Gasteiger partial charge on any atom is -0.204 e. The van der Waals surface area contributed by atoms with Crippen molar-refractivity contribution in [2.24, 2.45) is 0 Å². The molecule has 1 rings (SSSR count). The Morgan fingerprint density at radius 1 is 1.30 bits per heavy atom. The second-order valence-electron chi connectivity index (χ2n) is 1.53. The molecule has 10 heavy (non-hydrogen) atoms. The van der Waals surface area contributed by atoms with E-state index >= 15 is 0 Å². The molecule has 0 bridgehead atoms. The van der Waals surface area contributed by atoms with E-state index in [4.69, 9.17) is 11.6 Å². The van der Waals surface area contributed by atoms with Crippen molar-refractivity contribution in [1.29, 1.82) is 0 Å². The zero-order chi connectivity index (χ0) is 7.72. The van der Waals surface area contributed by atoms with Crippen LogP contribution in [0.1, 0.15) is 0 Å². The lowest BCUT2D eigenvalue weighted by molar-refractivity contribution is 0.479. The normalized spacial score (nSPS) is 10.0. The topological polar surface area (TPSA) is 12.9 Å². The second kappa shape index (κ2) is 2.46. The zero-order valence-electron chi connectivity index (χ0n) is 4.54. The van der Waals surface area contributed by atoms with Crippen LogP contribution >= 0.6 is 11.6 Å². The highest BCUT2D eigenvalue weighted by atomic mass is 35.5. The van der Waals surface area contributed by atoms with Gasteiger partial charge in [0.15, 0.2) is 16.8 Å². The van der Waals surface area contributed by atoms with Crippen molar-refractivity contribution in [3.63, 3.8) is 0 Å². The van der Waals surface area contributed by atoms with Gasteiger partial charge in [0.2, 0.25) is 5.95 Å². The van der Waals surface area contributed by atoms with Gasteiger partial charge in [-0.2, -0.15) is 4.39 Å². The highest BCUT2D eigenvalue weighted by Gasteiger charge is 2.09. The SMILES string of the molecule is Fc1cc(F)c(F)c(Cl)n1. The molecule has 0 saturated carbocycles. The summed E-state index contributed by atoms with van der Waals surface area (Å²) in [4.78, 5) is 2.82. The highest BCUT2D eigenvalue weighted by Crippen LogP contribution is 2.14. The Hall–Kier alpha value is -0.770. The van der Waals surface area contributed by atoms with Gasteiger partial charge in [0, 0.05) is 6.07 Å². The Morgan fingerprint density at radius 3 is 2.40 bits per heavy atom. The van der Waals surface area contributed by atoms with Crippen LogP contribution in [0.2, 0.25) is 5.15 Å². The molecule has 0 atom stereocenters. The van der Waals surface area contributed by atoms with Crippen molar-refractivity contribution < 1.29 is 13.2 Å². The van der Waals surface area contributed by atoms with Gasteiger partial charge in [-0.1, -0.05) is 11.6 Å². The third kappa shape index (κ3) is 1.21. The minimum atomic E-state index is -1.34. The first-order chi connectivity index (χ1) is 4.61. The first-order valence-corrected chi connectivity index (χ1v) is 2.66. The van der Waals surface area contributed by atoms with E-state index in [9.17, 15) is 13.2 Å². The van der Waals surface area contributed by atoms with E-state index in [1.165, 1.54) is 0 Å². The van der Waals surface area contributed by atoms with Gasteiger partial charge in [-0.05, 0) is 0 Å². The fourth-order valence-corrected chi connectivity index (χ4v) is 0.613. The lowest BCUT2D eigenvalue weighted by Crippen LogP contribution is -1.92. The molecule has 0 saturated heterocycles. The molecule has 0 N–H and O–H groups in total. The molecule has 0 fully saturated rings. The number of hydrogen-bond donors (Lipinski definition) is 0. The average molecular weight is 168 g/mol. The summed E-state index contributed by atoms with van der Waals surface area (Å²) in [7, 11) is 0. The van der Waals surface area contributed by atoms with E-state index in [1.807, 2.05) is 0 Å². The van der Waals surface area contributed by atoms with Gasteiger partial charge in [-0.15, -0.1) is 0 Å². The maximum absolute atomic E-state index is 12.2. The van der Waals surface area contributed by atoms with E-state index in [0.717, 1.165) is 0 Å². The molecule has 54 valence electrons. The largest absolute Gasteiger partial charge is 0.217 e. The number of aromatic nitrogens is 1. The lowest BCUT2D eigenvalue weighted by atomic mass is 10.4. The lowest BCUT2D eigenvalue weighted by Gasteiger charge is -1.93. The Balaban J connectivity index is 3.31. The average Bonchev–Trinajstić information content (AvgIpc) is 1.82. The number of halogens is 4. The maximum atomic E-state index is 12.2. The van der Waals surface area contributed by atoms with Crippen LogP contribution in [0.5, 0.6) is 0 Å². The second-order valence-corrected chi connectivity index (χ2v) is 1.89. The van der Waals surface area contributed by atoms with Gasteiger partial charge in [0.1, 0.15) is 0 Å². The van der Waals surface area contributed by atoms with Crippen molar-refractivity contribution >= 4 is 11.6 Å². The predicted molar refractivity (Wildman–Crippen MR) is 29.1 cm³/mol. The van der Waals surface area contributed by atoms with Gasteiger partial charge < -0.3 is 0 Å². The van der Waals surface area contributed by atoms with Gasteiger partial charge in [0.25, 0.3) is 0 Å². The van der Waals surface area contributed by atoms with E-state index in [2.05, 4.69) is 4.98 Å². The van der Waals surface area contributed by atoms with Crippen LogP contribution in [-0.4, -0.2) is 4.98 Å². The molecular formula is C5HClF3N. The van der Waals surface area contributed by atoms with Crippen LogP contribution in [0, 0.1) is 17.6 Å². The fraction of sp³-hybridized carbons (Fsp3) is 0. The van der Waals surface area contributed by atoms with Gasteiger partial charge in [-0.3, -0.25) is 0 Å². The Morgan fingerprint density at radius 2 is 1.90 bits per heavy atom. The number of pyridine rings is 1. The molecule has 0 aromatic carbocycles. The summed E-state index contributed by atoms with van der Waals surface area (Å²) in [6.45, 7) is 0. The van der Waals surface area contributed by atoms with Crippen LogP contribution < -0.4 is 0 Å². The molecule has 0 unspecified atom stereocenters. The van der Waals surface area contributed by atoms with Crippen LogP contribution in [0.25, 0.3) is 0 Å². The molecule has 0 aliphatic rings. The maximum Gasteiger partial charge on any atom is 0.217 e. The van der Waals surface area contributed by atoms with Crippen molar-refractivity contribution in [2.75, 3.05) is 0 Å². The summed E-state index contributed by atoms with van der Waals surface area (Å²) < 4.78 is 36.3. The molecule has 5 heteroatoms. The highest BCUT2D eigenvalue weighted by molar-refractivity contribution is 6.29. The Labute approximate surface area is 59.5 Å². The van der Waals surface area contributed by atoms with Crippen molar-refractivity contribution in [2.45, 2.75) is 0 Å². The van der Waals surface area contributed by atoms with E-state index in [-0.39, 0.29) is 0 Å². The molecule has 0 spiro atoms. The van der Waals surface area contributed by atoms with E-state index in [0.29, 0.717) is 6.07 Å². The fourth-order valence-electron chi connectivity index (χ4n) is 0.442. The number of hydrogen-bond acceptors (Lipinski definition) is 1. The summed E-state index contributed by atoms with van der Waals surface area (Å²) in [5.41, 5.74) is 0. The van der Waals surface area contributed by atoms with Crippen LogP contribution in [-0.2, 0) is 0 Å². The monoisotopic (exact) mass is 167 g/mol. The number of nitrogens with zero attached hydrogens (tertiary/aromatic N) is 1. The molecule has 0 aliphatic heterocycles. The van der Waals surface area contributed by atoms with Crippen molar-refractivity contribution in [3.8, 4) is 0 Å². The molecule has 1 aromatic rings. The molecule has 1 aromatic heterocycles. The van der Waals surface area contributed by atoms with Gasteiger partial charge in [0.05, 0.1) is 0 Å². The summed E-state index contributed by atoms with van der Waals surface area (Å²) in [5, 5.41) is -0.794. The predicted octanol–water partition coefficient (Wildman–Crippen LogP) is 2.15. The molecule has 0 amide bonds. The van der Waals surface area contributed by atoms with Crippen LogP contribution in [0.4, 0.5) is 13.2 Å².